The van der Waals surface area contributed by atoms with Gasteiger partial charge in [0, 0.05) is 37.4 Å². The molecule has 15 nitrogen and oxygen atoms in total. The van der Waals surface area contributed by atoms with Gasteiger partial charge in [-0.25, -0.2) is 15.0 Å². The molecule has 0 aliphatic heterocycles. The van der Waals surface area contributed by atoms with Crippen LogP contribution in [-0.2, 0) is 19.1 Å². The van der Waals surface area contributed by atoms with Crippen LogP contribution in [0.5, 0.6) is 0 Å². The van der Waals surface area contributed by atoms with Gasteiger partial charge < -0.3 is 46.0 Å². The van der Waals surface area contributed by atoms with Crippen LogP contribution in [0.15, 0.2) is 0 Å². The molecular weight excluding hydrogens is 524 g/mol. The van der Waals surface area contributed by atoms with Crippen LogP contribution in [0.3, 0.4) is 0 Å². The van der Waals surface area contributed by atoms with Gasteiger partial charge in [-0.05, 0) is 6.42 Å². The number of aliphatic carboxylic acids is 1. The van der Waals surface area contributed by atoms with Crippen LogP contribution in [0.1, 0.15) is 19.8 Å². The van der Waals surface area contributed by atoms with Crippen molar-refractivity contribution in [3.8, 4) is 0 Å². The Bertz CT molecular complexity index is 692. The van der Waals surface area contributed by atoms with E-state index in [1.807, 2.05) is 0 Å². The third-order valence-corrected chi connectivity index (χ3v) is 7.02. The molecule has 0 saturated heterocycles. The molecule has 0 aromatic rings. The van der Waals surface area contributed by atoms with Crippen molar-refractivity contribution in [1.82, 2.24) is 21.5 Å². The van der Waals surface area contributed by atoms with Gasteiger partial charge >= 0.3 is 12.1 Å². The fourth-order valence-corrected chi connectivity index (χ4v) is 4.42. The Morgan fingerprint density at radius 2 is 1.64 bits per heavy atom. The number of aliphatic hydroxyl groups excluding tert-OH is 5. The van der Waals surface area contributed by atoms with Crippen molar-refractivity contribution >= 4 is 45.5 Å². The van der Waals surface area contributed by atoms with Crippen molar-refractivity contribution in [1.29, 1.82) is 0 Å². The summed E-state index contributed by atoms with van der Waals surface area (Å²) in [4.78, 5) is 46.8. The Kier molecular flexibility index (Phi) is 18.3. The summed E-state index contributed by atoms with van der Waals surface area (Å²) < 4.78 is 4.82. The minimum Gasteiger partial charge on any atom is -0.480 e. The van der Waals surface area contributed by atoms with E-state index in [-0.39, 0.29) is 25.2 Å². The number of rotatable bonds is 19. The summed E-state index contributed by atoms with van der Waals surface area (Å²) in [5.74, 6) is -2.60. The monoisotopic (exact) mass is 560 g/mol. The van der Waals surface area contributed by atoms with Crippen molar-refractivity contribution in [2.75, 3.05) is 38.3 Å². The highest BCUT2D eigenvalue weighted by Crippen LogP contribution is 2.22. The Labute approximate surface area is 216 Å². The summed E-state index contributed by atoms with van der Waals surface area (Å²) >= 11 is 0. The average Bonchev–Trinajstić information content (AvgIpc) is 2.85. The molecule has 210 valence electrons. The number of carbonyl (C=O) groups is 4. The van der Waals surface area contributed by atoms with E-state index in [2.05, 4.69) is 21.5 Å². The van der Waals surface area contributed by atoms with Crippen molar-refractivity contribution in [2.24, 2.45) is 5.92 Å². The predicted octanol–water partition coefficient (Wildman–Crippen LogP) is -3.23. The van der Waals surface area contributed by atoms with E-state index in [9.17, 15) is 44.7 Å². The highest BCUT2D eigenvalue weighted by atomic mass is 33.1. The lowest BCUT2D eigenvalue weighted by Crippen LogP contribution is -2.49. The Balaban J connectivity index is 4.32. The van der Waals surface area contributed by atoms with Crippen molar-refractivity contribution in [3.05, 3.63) is 0 Å². The average molecular weight is 561 g/mol. The number of hydrogen-bond donors (Lipinski definition) is 10. The fourth-order valence-electron chi connectivity index (χ4n) is 2.44. The fraction of sp³-hybridized carbons (Fsp3) is 0.789. The summed E-state index contributed by atoms with van der Waals surface area (Å²) in [7, 11) is 3.95. The molecular formula is C19H36N4O11S2. The predicted molar refractivity (Wildman–Crippen MR) is 131 cm³/mol. The number of hydrogen-bond acceptors (Lipinski definition) is 13. The van der Waals surface area contributed by atoms with Gasteiger partial charge in [0.2, 0.25) is 11.8 Å². The number of ether oxygens (including phenoxy) is 1. The van der Waals surface area contributed by atoms with Crippen LogP contribution in [0, 0.1) is 5.92 Å². The smallest absolute Gasteiger partial charge is 0.421 e. The van der Waals surface area contributed by atoms with Gasteiger partial charge in [-0.3, -0.25) is 15.0 Å². The maximum absolute atomic E-state index is 12.3. The number of carboxylic acids is 1. The molecule has 0 saturated carbocycles. The second-order valence-corrected chi connectivity index (χ2v) is 10.2. The van der Waals surface area contributed by atoms with Crippen molar-refractivity contribution < 1.29 is 54.6 Å². The number of carbonyl (C=O) groups excluding carboxylic acids is 3. The van der Waals surface area contributed by atoms with Crippen LogP contribution < -0.4 is 21.5 Å². The van der Waals surface area contributed by atoms with Gasteiger partial charge in [-0.1, -0.05) is 28.5 Å². The lowest BCUT2D eigenvalue weighted by atomic mass is 10.0. The summed E-state index contributed by atoms with van der Waals surface area (Å²) in [5.41, 5.74) is 4.63. The van der Waals surface area contributed by atoms with Crippen LogP contribution in [0.25, 0.3) is 0 Å². The van der Waals surface area contributed by atoms with Gasteiger partial charge in [0.1, 0.15) is 31.0 Å². The second kappa shape index (κ2) is 19.3. The summed E-state index contributed by atoms with van der Waals surface area (Å²) in [6.07, 6.45) is -7.62. The normalized spacial score (nSPS) is 16.1. The third-order valence-electron chi connectivity index (χ3n) is 4.65. The minimum absolute atomic E-state index is 0.0543. The number of hydrazine groups is 1. The van der Waals surface area contributed by atoms with Crippen LogP contribution in [0.2, 0.25) is 0 Å². The van der Waals surface area contributed by atoms with Gasteiger partial charge in [-0.15, -0.1) is 0 Å². The molecule has 0 rings (SSSR count). The highest BCUT2D eigenvalue weighted by Gasteiger charge is 2.30. The minimum atomic E-state index is -1.82. The van der Waals surface area contributed by atoms with E-state index in [1.54, 1.807) is 0 Å². The standard InChI is InChI=1S/C19H36N4O11S2/c1-10(3-4-14(27)21-7-12(25)15(28)16(29)13(26)8-24)17(30)22-11(18(31)32)9-36-35-6-5-34-19(33)23-20-2/h10-13,15-16,20,24-26,28-29H,3-9H2,1-2H3,(H,21,27)(H,22,30)(H,23,33)(H,31,32)/t10-,11-,12-,13+,15+,16+/m0/s1. The van der Waals surface area contributed by atoms with E-state index in [0.29, 0.717) is 5.75 Å². The molecule has 0 unspecified atom stereocenters. The molecule has 0 aromatic carbocycles. The number of carboxylic acid groups (broad SMARTS) is 1. The quantitative estimate of drug-likeness (QED) is 0.0424. The van der Waals surface area contributed by atoms with Gasteiger partial charge in [0.05, 0.1) is 12.7 Å². The summed E-state index contributed by atoms with van der Waals surface area (Å²) in [6, 6.07) is -1.17. The van der Waals surface area contributed by atoms with E-state index in [1.165, 1.54) is 35.6 Å². The summed E-state index contributed by atoms with van der Waals surface area (Å²) in [6.45, 7) is 0.346. The highest BCUT2D eigenvalue weighted by molar-refractivity contribution is 8.76. The van der Waals surface area contributed by atoms with Gasteiger partial charge in [-0.2, -0.15) is 0 Å². The molecule has 10 N–H and O–H groups in total. The molecule has 0 heterocycles. The van der Waals surface area contributed by atoms with E-state index >= 15 is 0 Å². The number of nitrogens with one attached hydrogen (secondary N) is 4. The van der Waals surface area contributed by atoms with Crippen LogP contribution >= 0.6 is 21.6 Å². The lowest BCUT2D eigenvalue weighted by Gasteiger charge is -2.25. The van der Waals surface area contributed by atoms with Crippen molar-refractivity contribution in [2.45, 2.75) is 50.2 Å². The van der Waals surface area contributed by atoms with Crippen molar-refractivity contribution in [3.63, 3.8) is 0 Å². The first-order valence-corrected chi connectivity index (χ1v) is 13.4. The molecule has 0 aromatic heterocycles. The molecule has 17 heteroatoms. The van der Waals surface area contributed by atoms with E-state index < -0.39 is 73.4 Å². The second-order valence-electron chi connectivity index (χ2n) is 7.56. The zero-order valence-electron chi connectivity index (χ0n) is 20.0. The van der Waals surface area contributed by atoms with Gasteiger partial charge in [0.25, 0.3) is 0 Å². The SMILES string of the molecule is CNNC(=O)OCCSSC[C@H](NC(=O)[C@@H](C)CCC(=O)NC[C@H](O)[C@@H](O)[C@H](O)[C@H](O)CO)C(=O)O. The molecule has 0 aliphatic rings. The molecule has 36 heavy (non-hydrogen) atoms. The van der Waals surface area contributed by atoms with Crippen LogP contribution in [-0.4, -0.2) is 123 Å². The largest absolute Gasteiger partial charge is 0.480 e. The van der Waals surface area contributed by atoms with Gasteiger partial charge in [0.15, 0.2) is 0 Å². The first-order chi connectivity index (χ1) is 16.9. The molecule has 0 spiro atoms. The number of amides is 3. The first kappa shape index (κ1) is 34.1. The molecule has 0 fully saturated rings. The molecule has 3 amide bonds. The lowest BCUT2D eigenvalue weighted by molar-refractivity contribution is -0.141. The zero-order valence-corrected chi connectivity index (χ0v) is 21.6. The molecule has 0 aliphatic carbocycles. The van der Waals surface area contributed by atoms with E-state index in [4.69, 9.17) is 9.84 Å². The topological polar surface area (TPSA) is 247 Å². The summed E-state index contributed by atoms with van der Waals surface area (Å²) in [5, 5.41) is 61.2. The number of aliphatic hydroxyl groups is 5. The van der Waals surface area contributed by atoms with Crippen LogP contribution in [0.4, 0.5) is 4.79 Å². The first-order valence-electron chi connectivity index (χ1n) is 10.9. The Hall–Kier alpha value is -1.86. The Morgan fingerprint density at radius 3 is 2.22 bits per heavy atom. The molecule has 0 radical (unpaired) electrons. The zero-order chi connectivity index (χ0) is 27.7. The molecule has 0 bridgehead atoms. The maximum Gasteiger partial charge on any atom is 0.421 e. The maximum atomic E-state index is 12.3. The van der Waals surface area contributed by atoms with E-state index in [0.717, 1.165) is 0 Å². The Morgan fingerprint density at radius 1 is 1.00 bits per heavy atom. The molecule has 6 atom stereocenters. The third kappa shape index (κ3) is 14.6.